The molecule has 1 unspecified atom stereocenters. The Morgan fingerprint density at radius 2 is 1.71 bits per heavy atom. The van der Waals surface area contributed by atoms with Crippen molar-refractivity contribution in [3.8, 4) is 0 Å². The molecule has 1 saturated heterocycles. The van der Waals surface area contributed by atoms with E-state index in [4.69, 9.17) is 23.2 Å². The summed E-state index contributed by atoms with van der Waals surface area (Å²) in [6.07, 6.45) is 0. The number of hydrogen-bond acceptors (Lipinski definition) is 3. The van der Waals surface area contributed by atoms with E-state index in [2.05, 4.69) is 5.32 Å². The van der Waals surface area contributed by atoms with E-state index < -0.39 is 29.6 Å². The number of nitrogens with zero attached hydrogens (tertiary/aromatic N) is 1. The molecule has 21 heavy (non-hydrogen) atoms. The molecule has 5 nitrogen and oxygen atoms in total. The van der Waals surface area contributed by atoms with Gasteiger partial charge in [0.15, 0.2) is 0 Å². The minimum Gasteiger partial charge on any atom is -0.277 e. The molecule has 0 saturated carbocycles. The third kappa shape index (κ3) is 2.73. The predicted molar refractivity (Wildman–Crippen MR) is 75.8 cm³/mol. The second kappa shape index (κ2) is 5.61. The normalized spacial score (nSPS) is 19.2. The zero-order chi connectivity index (χ0) is 15.9. The van der Waals surface area contributed by atoms with Crippen molar-refractivity contribution in [1.82, 2.24) is 5.32 Å². The third-order valence-corrected chi connectivity index (χ3v) is 3.65. The van der Waals surface area contributed by atoms with Gasteiger partial charge in [0.05, 0.1) is 15.7 Å². The van der Waals surface area contributed by atoms with Crippen LogP contribution in [0.4, 0.5) is 14.9 Å². The van der Waals surface area contributed by atoms with Crippen LogP contribution < -0.4 is 10.2 Å². The molecular weight excluding hydrogens is 322 g/mol. The van der Waals surface area contributed by atoms with Crippen LogP contribution in [0, 0.1) is 17.7 Å². The highest BCUT2D eigenvalue weighted by atomic mass is 35.5. The molecular formula is C13H11Cl2FN2O3. The fourth-order valence-corrected chi connectivity index (χ4v) is 2.77. The summed E-state index contributed by atoms with van der Waals surface area (Å²) in [5.41, 5.74) is -0.139. The lowest BCUT2D eigenvalue weighted by molar-refractivity contribution is -0.136. The SMILES string of the molecule is CC(C)C1C(=O)NC(=O)N(c2c(Cl)cc(F)cc2Cl)C1=O. The van der Waals surface area contributed by atoms with Gasteiger partial charge < -0.3 is 0 Å². The van der Waals surface area contributed by atoms with Crippen LogP contribution in [-0.2, 0) is 9.59 Å². The molecule has 2 rings (SSSR count). The van der Waals surface area contributed by atoms with Crippen LogP contribution in [0.15, 0.2) is 12.1 Å². The van der Waals surface area contributed by atoms with E-state index in [1.54, 1.807) is 13.8 Å². The van der Waals surface area contributed by atoms with Crippen molar-refractivity contribution >= 4 is 46.7 Å². The molecule has 1 aromatic rings. The fourth-order valence-electron chi connectivity index (χ4n) is 2.14. The maximum absolute atomic E-state index is 13.2. The molecule has 112 valence electrons. The number of carbonyl (C=O) groups is 3. The summed E-state index contributed by atoms with van der Waals surface area (Å²) < 4.78 is 13.2. The van der Waals surface area contributed by atoms with Crippen molar-refractivity contribution in [1.29, 1.82) is 0 Å². The number of benzene rings is 1. The Bertz CT molecular complexity index is 625. The topological polar surface area (TPSA) is 66.5 Å². The van der Waals surface area contributed by atoms with E-state index in [9.17, 15) is 18.8 Å². The van der Waals surface area contributed by atoms with Crippen molar-refractivity contribution in [3.05, 3.63) is 28.0 Å². The van der Waals surface area contributed by atoms with E-state index in [0.717, 1.165) is 12.1 Å². The molecule has 1 aliphatic heterocycles. The number of carbonyl (C=O) groups excluding carboxylic acids is 3. The summed E-state index contributed by atoms with van der Waals surface area (Å²) in [5.74, 6) is -3.49. The van der Waals surface area contributed by atoms with Gasteiger partial charge in [0.1, 0.15) is 11.7 Å². The molecule has 0 bridgehead atoms. The minimum atomic E-state index is -1.04. The van der Waals surface area contributed by atoms with Crippen LogP contribution in [0.5, 0.6) is 0 Å². The molecule has 1 aromatic carbocycles. The maximum Gasteiger partial charge on any atom is 0.335 e. The highest BCUT2D eigenvalue weighted by Gasteiger charge is 2.44. The first-order chi connectivity index (χ1) is 9.73. The van der Waals surface area contributed by atoms with Gasteiger partial charge in [-0.15, -0.1) is 0 Å². The Morgan fingerprint density at radius 3 is 2.19 bits per heavy atom. The van der Waals surface area contributed by atoms with E-state index in [1.165, 1.54) is 0 Å². The standard InChI is InChI=1S/C13H11Cl2FN2O3/c1-5(2)9-11(19)17-13(21)18(12(9)20)10-7(14)3-6(16)4-8(10)15/h3-5,9H,1-2H3,(H,17,19,21). The summed E-state index contributed by atoms with van der Waals surface area (Å²) >= 11 is 11.8. The number of amides is 4. The van der Waals surface area contributed by atoms with Gasteiger partial charge in [0, 0.05) is 0 Å². The Balaban J connectivity index is 2.55. The molecule has 1 atom stereocenters. The average Bonchev–Trinajstić information content (AvgIpc) is 2.30. The lowest BCUT2D eigenvalue weighted by Crippen LogP contribution is -2.59. The number of urea groups is 1. The number of rotatable bonds is 2. The molecule has 0 spiro atoms. The summed E-state index contributed by atoms with van der Waals surface area (Å²) in [6.45, 7) is 3.34. The highest BCUT2D eigenvalue weighted by molar-refractivity contribution is 6.42. The first-order valence-electron chi connectivity index (χ1n) is 6.07. The van der Waals surface area contributed by atoms with Gasteiger partial charge >= 0.3 is 6.03 Å². The van der Waals surface area contributed by atoms with Crippen molar-refractivity contribution in [2.45, 2.75) is 13.8 Å². The Morgan fingerprint density at radius 1 is 1.19 bits per heavy atom. The van der Waals surface area contributed by atoms with Gasteiger partial charge in [-0.2, -0.15) is 0 Å². The fraction of sp³-hybridized carbons (Fsp3) is 0.308. The largest absolute Gasteiger partial charge is 0.335 e. The molecule has 1 aliphatic rings. The van der Waals surface area contributed by atoms with E-state index in [-0.39, 0.29) is 21.7 Å². The molecule has 1 heterocycles. The number of imide groups is 2. The second-order valence-electron chi connectivity index (χ2n) is 4.91. The number of nitrogens with one attached hydrogen (secondary N) is 1. The summed E-state index contributed by atoms with van der Waals surface area (Å²) in [4.78, 5) is 36.8. The van der Waals surface area contributed by atoms with Crippen LogP contribution in [0.3, 0.4) is 0 Å². The quantitative estimate of drug-likeness (QED) is 0.846. The molecule has 1 N–H and O–H groups in total. The summed E-state index contributed by atoms with van der Waals surface area (Å²) in [7, 11) is 0. The van der Waals surface area contributed by atoms with E-state index in [1.807, 2.05) is 0 Å². The second-order valence-corrected chi connectivity index (χ2v) is 5.72. The van der Waals surface area contributed by atoms with E-state index in [0.29, 0.717) is 4.90 Å². The van der Waals surface area contributed by atoms with Crippen LogP contribution in [-0.4, -0.2) is 17.8 Å². The van der Waals surface area contributed by atoms with E-state index >= 15 is 0 Å². The van der Waals surface area contributed by atoms with Crippen molar-refractivity contribution in [2.75, 3.05) is 4.90 Å². The van der Waals surface area contributed by atoms with Gasteiger partial charge in [-0.25, -0.2) is 14.1 Å². The lowest BCUT2D eigenvalue weighted by atomic mass is 9.92. The number of anilines is 1. The van der Waals surface area contributed by atoms with Gasteiger partial charge in [-0.1, -0.05) is 37.0 Å². The van der Waals surface area contributed by atoms with Crippen molar-refractivity contribution in [2.24, 2.45) is 11.8 Å². The zero-order valence-electron chi connectivity index (χ0n) is 11.1. The first-order valence-corrected chi connectivity index (χ1v) is 6.83. The summed E-state index contributed by atoms with van der Waals surface area (Å²) in [6, 6.07) is 0.908. The third-order valence-electron chi connectivity index (χ3n) is 3.07. The Hall–Kier alpha value is -1.66. The number of barbiturate groups is 1. The molecule has 0 radical (unpaired) electrons. The molecule has 1 fully saturated rings. The summed E-state index contributed by atoms with van der Waals surface area (Å²) in [5, 5.41) is 1.69. The smallest absolute Gasteiger partial charge is 0.277 e. The Kier molecular flexibility index (Phi) is 4.20. The van der Waals surface area contributed by atoms with Crippen molar-refractivity contribution < 1.29 is 18.8 Å². The monoisotopic (exact) mass is 332 g/mol. The van der Waals surface area contributed by atoms with Crippen LogP contribution in [0.2, 0.25) is 10.0 Å². The number of hydrogen-bond donors (Lipinski definition) is 1. The van der Waals surface area contributed by atoms with Crippen molar-refractivity contribution in [3.63, 3.8) is 0 Å². The predicted octanol–water partition coefficient (Wildman–Crippen LogP) is 2.99. The minimum absolute atomic E-state index is 0.139. The van der Waals surface area contributed by atoms with Crippen LogP contribution >= 0.6 is 23.2 Å². The first kappa shape index (κ1) is 15.7. The highest BCUT2D eigenvalue weighted by Crippen LogP contribution is 2.37. The van der Waals surface area contributed by atoms with Gasteiger partial charge in [-0.3, -0.25) is 14.9 Å². The lowest BCUT2D eigenvalue weighted by Gasteiger charge is -2.32. The number of halogens is 3. The Labute approximate surface area is 130 Å². The molecule has 0 aliphatic carbocycles. The maximum atomic E-state index is 13.2. The van der Waals surface area contributed by atoms with Gasteiger partial charge in [-0.05, 0) is 18.1 Å². The van der Waals surface area contributed by atoms with Crippen LogP contribution in [0.1, 0.15) is 13.8 Å². The molecule has 4 amide bonds. The van der Waals surface area contributed by atoms with Gasteiger partial charge in [0.2, 0.25) is 11.8 Å². The van der Waals surface area contributed by atoms with Crippen LogP contribution in [0.25, 0.3) is 0 Å². The zero-order valence-corrected chi connectivity index (χ0v) is 12.6. The molecule has 8 heteroatoms. The molecule has 0 aromatic heterocycles. The van der Waals surface area contributed by atoms with Gasteiger partial charge in [0.25, 0.3) is 0 Å². The average molecular weight is 333 g/mol.